The summed E-state index contributed by atoms with van der Waals surface area (Å²) in [5.74, 6) is -1.05. The molecule has 2 aromatic carbocycles. The molecule has 0 radical (unpaired) electrons. The van der Waals surface area contributed by atoms with Crippen LogP contribution in [0.25, 0.3) is 5.76 Å². The van der Waals surface area contributed by atoms with Crippen molar-refractivity contribution in [3.63, 3.8) is 0 Å². The first-order valence-corrected chi connectivity index (χ1v) is 12.9. The largest absolute Gasteiger partial charge is 0.507 e. The molecule has 0 saturated carbocycles. The van der Waals surface area contributed by atoms with Gasteiger partial charge in [-0.3, -0.25) is 14.5 Å². The fourth-order valence-corrected chi connectivity index (χ4v) is 4.81. The van der Waals surface area contributed by atoms with Crippen LogP contribution in [0.2, 0.25) is 0 Å². The van der Waals surface area contributed by atoms with Crippen LogP contribution in [-0.4, -0.2) is 33.6 Å². The molecule has 0 bridgehead atoms. The van der Waals surface area contributed by atoms with E-state index in [0.717, 1.165) is 18.4 Å². The minimum Gasteiger partial charge on any atom is -0.507 e. The number of anilines is 1. The molecule has 1 fully saturated rings. The van der Waals surface area contributed by atoms with E-state index < -0.39 is 17.7 Å². The number of aliphatic hydroxyl groups excluding tert-OH is 1. The van der Waals surface area contributed by atoms with Gasteiger partial charge in [0.1, 0.15) is 16.5 Å². The highest BCUT2D eigenvalue weighted by Crippen LogP contribution is 2.43. The van der Waals surface area contributed by atoms with Crippen molar-refractivity contribution in [3.8, 4) is 5.75 Å². The topological polar surface area (TPSA) is 92.6 Å². The Kier molecular flexibility index (Phi) is 7.26. The van der Waals surface area contributed by atoms with Crippen LogP contribution in [0.5, 0.6) is 5.75 Å². The summed E-state index contributed by atoms with van der Waals surface area (Å²) in [5, 5.41) is 20.5. The lowest BCUT2D eigenvalue weighted by Crippen LogP contribution is -2.29. The number of unbranched alkanes of at least 4 members (excludes halogenated alkanes) is 1. The van der Waals surface area contributed by atoms with Crippen molar-refractivity contribution in [1.82, 2.24) is 10.2 Å². The van der Waals surface area contributed by atoms with Gasteiger partial charge in [0.05, 0.1) is 18.2 Å². The Balaban J connectivity index is 1.80. The maximum Gasteiger partial charge on any atom is 0.301 e. The van der Waals surface area contributed by atoms with E-state index in [4.69, 9.17) is 4.74 Å². The Hall–Kier alpha value is -3.52. The van der Waals surface area contributed by atoms with Crippen LogP contribution in [0, 0.1) is 6.92 Å². The molecule has 4 rings (SSSR count). The van der Waals surface area contributed by atoms with Crippen molar-refractivity contribution in [2.75, 3.05) is 11.5 Å². The monoisotopic (exact) mass is 505 g/mol. The van der Waals surface area contributed by atoms with Gasteiger partial charge in [0.2, 0.25) is 5.13 Å². The number of amides is 1. The summed E-state index contributed by atoms with van der Waals surface area (Å²) in [5.41, 5.74) is 2.22. The van der Waals surface area contributed by atoms with Crippen molar-refractivity contribution in [3.05, 3.63) is 75.8 Å². The van der Waals surface area contributed by atoms with Crippen molar-refractivity contribution in [2.24, 2.45) is 0 Å². The second-order valence-corrected chi connectivity index (χ2v) is 11.0. The third-order valence-electron chi connectivity index (χ3n) is 6.15. The highest BCUT2D eigenvalue weighted by Gasteiger charge is 2.48. The maximum absolute atomic E-state index is 13.3. The Morgan fingerprint density at radius 2 is 1.72 bits per heavy atom. The molecule has 1 aliphatic heterocycles. The van der Waals surface area contributed by atoms with E-state index in [9.17, 15) is 14.7 Å². The lowest BCUT2D eigenvalue weighted by molar-refractivity contribution is -0.132. The van der Waals surface area contributed by atoms with Crippen LogP contribution in [0.4, 0.5) is 5.13 Å². The Morgan fingerprint density at radius 3 is 2.28 bits per heavy atom. The van der Waals surface area contributed by atoms with Crippen LogP contribution < -0.4 is 9.64 Å². The molecule has 7 nitrogen and oxygen atoms in total. The minimum atomic E-state index is -0.827. The quantitative estimate of drug-likeness (QED) is 0.185. The smallest absolute Gasteiger partial charge is 0.301 e. The zero-order valence-corrected chi connectivity index (χ0v) is 22.1. The van der Waals surface area contributed by atoms with E-state index in [0.29, 0.717) is 33.6 Å². The fourth-order valence-electron chi connectivity index (χ4n) is 4.09. The molecule has 1 aliphatic rings. The third-order valence-corrected chi connectivity index (χ3v) is 6.99. The number of hydrogen-bond acceptors (Lipinski definition) is 7. The number of aryl methyl sites for hydroxylation is 1. The summed E-state index contributed by atoms with van der Waals surface area (Å²) in [7, 11) is 0. The van der Waals surface area contributed by atoms with E-state index in [2.05, 4.69) is 37.9 Å². The van der Waals surface area contributed by atoms with Crippen molar-refractivity contribution in [1.29, 1.82) is 0 Å². The first-order valence-electron chi connectivity index (χ1n) is 12.1. The first kappa shape index (κ1) is 25.6. The number of Topliss-reactive ketones (excluding diaryl/α,β-unsaturated/α-hetero) is 1. The number of carbonyl (C=O) groups excluding carboxylic acids is 2. The summed E-state index contributed by atoms with van der Waals surface area (Å²) >= 11 is 1.23. The normalized spacial score (nSPS) is 17.6. The van der Waals surface area contributed by atoms with Crippen LogP contribution in [0.15, 0.2) is 54.1 Å². The lowest BCUT2D eigenvalue weighted by Gasteiger charge is -2.24. The van der Waals surface area contributed by atoms with Gasteiger partial charge in [-0.2, -0.15) is 0 Å². The lowest BCUT2D eigenvalue weighted by atomic mass is 9.85. The molecule has 1 unspecified atom stereocenters. The third kappa shape index (κ3) is 5.04. The number of nitrogens with zero attached hydrogens (tertiary/aromatic N) is 3. The maximum atomic E-state index is 13.3. The predicted octanol–water partition coefficient (Wildman–Crippen LogP) is 5.95. The summed E-state index contributed by atoms with van der Waals surface area (Å²) in [6.07, 6.45) is 1.98. The number of ketones is 1. The van der Waals surface area contributed by atoms with Gasteiger partial charge in [0.25, 0.3) is 5.78 Å². The zero-order valence-electron chi connectivity index (χ0n) is 21.2. The molecule has 1 aromatic heterocycles. The highest BCUT2D eigenvalue weighted by molar-refractivity contribution is 7.15. The number of aromatic nitrogens is 2. The Morgan fingerprint density at radius 1 is 1.06 bits per heavy atom. The SMILES string of the molecule is CCCCOc1ccc(C(O)=C2C(=O)C(=O)N(c3nnc(C)s3)C2c2ccc(C(C)(C)C)cc2)cc1. The standard InChI is InChI=1S/C28H31N3O4S/c1-6-7-16-35-21-14-10-19(11-15-21)24(32)22-23(18-8-12-20(13-9-18)28(3,4)5)31(26(34)25(22)33)27-30-29-17(2)36-27/h8-15,23,32H,6-7,16H2,1-5H3. The highest BCUT2D eigenvalue weighted by atomic mass is 32.1. The minimum absolute atomic E-state index is 0.0241. The Bertz CT molecular complexity index is 1290. The summed E-state index contributed by atoms with van der Waals surface area (Å²) in [6, 6.07) is 13.8. The molecule has 0 spiro atoms. The number of aliphatic hydroxyl groups is 1. The molecular weight excluding hydrogens is 474 g/mol. The molecule has 188 valence electrons. The summed E-state index contributed by atoms with van der Waals surface area (Å²) in [6.45, 7) is 10.8. The van der Waals surface area contributed by atoms with Gasteiger partial charge in [-0.1, -0.05) is 69.7 Å². The first-order chi connectivity index (χ1) is 17.1. The summed E-state index contributed by atoms with van der Waals surface area (Å²) in [4.78, 5) is 27.8. The molecule has 1 amide bonds. The molecule has 8 heteroatoms. The average Bonchev–Trinajstić information content (AvgIpc) is 3.39. The van der Waals surface area contributed by atoms with Gasteiger partial charge in [0, 0.05) is 5.56 Å². The van der Waals surface area contributed by atoms with Gasteiger partial charge in [-0.15, -0.1) is 10.2 Å². The number of benzene rings is 2. The number of ether oxygens (including phenoxy) is 1. The number of hydrogen-bond donors (Lipinski definition) is 1. The average molecular weight is 506 g/mol. The predicted molar refractivity (Wildman–Crippen MR) is 141 cm³/mol. The van der Waals surface area contributed by atoms with Gasteiger partial charge >= 0.3 is 5.91 Å². The van der Waals surface area contributed by atoms with E-state index in [1.807, 2.05) is 24.3 Å². The fraction of sp³-hybridized carbons (Fsp3) is 0.357. The van der Waals surface area contributed by atoms with E-state index in [1.165, 1.54) is 16.2 Å². The van der Waals surface area contributed by atoms with Gasteiger partial charge in [-0.05, 0) is 54.2 Å². The van der Waals surface area contributed by atoms with Crippen molar-refractivity contribution in [2.45, 2.75) is 58.9 Å². The molecule has 3 aromatic rings. The van der Waals surface area contributed by atoms with E-state index >= 15 is 0 Å². The van der Waals surface area contributed by atoms with Crippen LogP contribution in [-0.2, 0) is 15.0 Å². The summed E-state index contributed by atoms with van der Waals surface area (Å²) < 4.78 is 5.71. The molecule has 1 saturated heterocycles. The van der Waals surface area contributed by atoms with Crippen LogP contribution in [0.1, 0.15) is 68.3 Å². The van der Waals surface area contributed by atoms with Gasteiger partial charge in [0.15, 0.2) is 0 Å². The molecular formula is C28H31N3O4S. The second kappa shape index (κ2) is 10.2. The molecule has 1 atom stereocenters. The van der Waals surface area contributed by atoms with Crippen LogP contribution in [0.3, 0.4) is 0 Å². The molecule has 0 aliphatic carbocycles. The molecule has 36 heavy (non-hydrogen) atoms. The van der Waals surface area contributed by atoms with E-state index in [1.54, 1.807) is 31.2 Å². The molecule has 2 heterocycles. The van der Waals surface area contributed by atoms with Gasteiger partial charge < -0.3 is 9.84 Å². The van der Waals surface area contributed by atoms with Crippen molar-refractivity contribution < 1.29 is 19.4 Å². The van der Waals surface area contributed by atoms with Crippen LogP contribution >= 0.6 is 11.3 Å². The molecule has 1 N–H and O–H groups in total. The van der Waals surface area contributed by atoms with E-state index in [-0.39, 0.29) is 16.7 Å². The van der Waals surface area contributed by atoms with Crippen molar-refractivity contribution >= 4 is 33.9 Å². The number of carbonyl (C=O) groups is 2. The van der Waals surface area contributed by atoms with Gasteiger partial charge in [-0.25, -0.2) is 0 Å². The zero-order chi connectivity index (χ0) is 26.0. The second-order valence-electron chi connectivity index (χ2n) is 9.87. The number of rotatable bonds is 7. The Labute approximate surface area is 215 Å².